The van der Waals surface area contributed by atoms with Gasteiger partial charge < -0.3 is 5.73 Å². The third-order valence-corrected chi connectivity index (χ3v) is 4.30. The van der Waals surface area contributed by atoms with Crippen molar-refractivity contribution < 1.29 is 8.42 Å². The summed E-state index contributed by atoms with van der Waals surface area (Å²) in [5, 5.41) is 15.2. The fourth-order valence-corrected chi connectivity index (χ4v) is 2.72. The summed E-state index contributed by atoms with van der Waals surface area (Å²) in [7, 11) is -3.71. The third kappa shape index (κ3) is 3.20. The van der Waals surface area contributed by atoms with Crippen LogP contribution in [0.5, 0.6) is 0 Å². The number of rotatable bonds is 3. The first-order valence-corrected chi connectivity index (χ1v) is 8.31. The SMILES string of the molecule is Nc1ccc(N=Nc2ccc(S(N)(=O)=O)cc2)c2ccccc12. The summed E-state index contributed by atoms with van der Waals surface area (Å²) in [6, 6.07) is 17.1. The maximum atomic E-state index is 11.2. The van der Waals surface area contributed by atoms with E-state index in [2.05, 4.69) is 10.2 Å². The van der Waals surface area contributed by atoms with Gasteiger partial charge >= 0.3 is 0 Å². The van der Waals surface area contributed by atoms with Crippen LogP contribution in [0.1, 0.15) is 0 Å². The lowest BCUT2D eigenvalue weighted by Gasteiger charge is -2.04. The third-order valence-electron chi connectivity index (χ3n) is 3.37. The molecule has 0 aliphatic carbocycles. The number of primary sulfonamides is 1. The molecule has 0 fully saturated rings. The van der Waals surface area contributed by atoms with E-state index in [1.807, 2.05) is 24.3 Å². The van der Waals surface area contributed by atoms with Crippen molar-refractivity contribution in [2.24, 2.45) is 15.4 Å². The minimum absolute atomic E-state index is 0.0365. The fraction of sp³-hybridized carbons (Fsp3) is 0. The van der Waals surface area contributed by atoms with E-state index < -0.39 is 10.0 Å². The van der Waals surface area contributed by atoms with E-state index in [1.165, 1.54) is 12.1 Å². The van der Waals surface area contributed by atoms with E-state index in [0.717, 1.165) is 10.8 Å². The van der Waals surface area contributed by atoms with Gasteiger partial charge in [0.2, 0.25) is 10.0 Å². The molecule has 0 aliphatic rings. The molecule has 116 valence electrons. The van der Waals surface area contributed by atoms with Crippen molar-refractivity contribution in [3.63, 3.8) is 0 Å². The number of hydrogen-bond acceptors (Lipinski definition) is 5. The number of nitrogens with zero attached hydrogens (tertiary/aromatic N) is 2. The van der Waals surface area contributed by atoms with Crippen molar-refractivity contribution in [3.8, 4) is 0 Å². The van der Waals surface area contributed by atoms with Crippen LogP contribution in [0.2, 0.25) is 0 Å². The highest BCUT2D eigenvalue weighted by Gasteiger charge is 2.06. The van der Waals surface area contributed by atoms with Gasteiger partial charge in [0, 0.05) is 16.5 Å². The first-order chi connectivity index (χ1) is 10.9. The van der Waals surface area contributed by atoms with Gasteiger partial charge in [-0.25, -0.2) is 13.6 Å². The number of anilines is 1. The summed E-state index contributed by atoms with van der Waals surface area (Å²) in [6.45, 7) is 0. The van der Waals surface area contributed by atoms with Crippen LogP contribution in [0.3, 0.4) is 0 Å². The molecule has 0 atom stereocenters. The van der Waals surface area contributed by atoms with Crippen LogP contribution in [0.15, 0.2) is 75.8 Å². The van der Waals surface area contributed by atoms with Crippen LogP contribution >= 0.6 is 0 Å². The zero-order chi connectivity index (χ0) is 16.4. The van der Waals surface area contributed by atoms with E-state index in [0.29, 0.717) is 17.1 Å². The number of nitrogen functional groups attached to an aromatic ring is 1. The van der Waals surface area contributed by atoms with E-state index in [4.69, 9.17) is 10.9 Å². The second-order valence-corrected chi connectivity index (χ2v) is 6.52. The largest absolute Gasteiger partial charge is 0.398 e. The molecule has 0 aromatic heterocycles. The van der Waals surface area contributed by atoms with Gasteiger partial charge in [0.1, 0.15) is 0 Å². The summed E-state index contributed by atoms with van der Waals surface area (Å²) in [4.78, 5) is 0.0365. The van der Waals surface area contributed by atoms with Gasteiger partial charge in [0.05, 0.1) is 16.3 Å². The van der Waals surface area contributed by atoms with Crippen molar-refractivity contribution in [3.05, 3.63) is 60.7 Å². The number of azo groups is 1. The Morgan fingerprint density at radius 2 is 1.43 bits per heavy atom. The molecule has 0 unspecified atom stereocenters. The number of nitrogens with two attached hydrogens (primary N) is 2. The Kier molecular flexibility index (Phi) is 3.81. The first-order valence-electron chi connectivity index (χ1n) is 6.77. The van der Waals surface area contributed by atoms with Gasteiger partial charge in [-0.2, -0.15) is 5.11 Å². The molecule has 0 heterocycles. The molecule has 7 heteroatoms. The Balaban J connectivity index is 1.96. The highest BCUT2D eigenvalue weighted by molar-refractivity contribution is 7.89. The molecular weight excluding hydrogens is 312 g/mol. The van der Waals surface area contributed by atoms with Crippen molar-refractivity contribution >= 4 is 37.9 Å². The van der Waals surface area contributed by atoms with Gasteiger partial charge in [0.25, 0.3) is 0 Å². The molecule has 3 aromatic carbocycles. The lowest BCUT2D eigenvalue weighted by atomic mass is 10.1. The number of benzene rings is 3. The molecule has 6 nitrogen and oxygen atoms in total. The first kappa shape index (κ1) is 15.1. The van der Waals surface area contributed by atoms with Crippen LogP contribution in [-0.4, -0.2) is 8.42 Å². The van der Waals surface area contributed by atoms with Crippen molar-refractivity contribution in [2.45, 2.75) is 4.90 Å². The topological polar surface area (TPSA) is 111 Å². The van der Waals surface area contributed by atoms with Crippen LogP contribution in [0, 0.1) is 0 Å². The second kappa shape index (κ2) is 5.79. The molecule has 0 spiro atoms. The zero-order valence-corrected chi connectivity index (χ0v) is 12.9. The van der Waals surface area contributed by atoms with Crippen LogP contribution in [-0.2, 0) is 10.0 Å². The molecule has 4 N–H and O–H groups in total. The predicted octanol–water partition coefficient (Wildman–Crippen LogP) is 3.48. The minimum Gasteiger partial charge on any atom is -0.398 e. The van der Waals surface area contributed by atoms with E-state index in [1.54, 1.807) is 24.3 Å². The molecule has 0 aliphatic heterocycles. The molecule has 0 saturated heterocycles. The van der Waals surface area contributed by atoms with Gasteiger partial charge in [-0.3, -0.25) is 0 Å². The van der Waals surface area contributed by atoms with Crippen molar-refractivity contribution in [1.82, 2.24) is 0 Å². The molecule has 3 rings (SSSR count). The molecule has 0 amide bonds. The van der Waals surface area contributed by atoms with Gasteiger partial charge in [-0.1, -0.05) is 24.3 Å². The minimum atomic E-state index is -3.71. The highest BCUT2D eigenvalue weighted by Crippen LogP contribution is 2.31. The van der Waals surface area contributed by atoms with Crippen LogP contribution in [0.4, 0.5) is 17.1 Å². The smallest absolute Gasteiger partial charge is 0.238 e. The lowest BCUT2D eigenvalue weighted by molar-refractivity contribution is 0.598. The average Bonchev–Trinajstić information content (AvgIpc) is 2.54. The molecular formula is C16H14N4O2S. The summed E-state index contributed by atoms with van der Waals surface area (Å²) in [5.41, 5.74) is 7.84. The van der Waals surface area contributed by atoms with E-state index in [-0.39, 0.29) is 4.90 Å². The Hall–Kier alpha value is -2.77. The van der Waals surface area contributed by atoms with E-state index >= 15 is 0 Å². The van der Waals surface area contributed by atoms with Crippen LogP contribution in [0.25, 0.3) is 10.8 Å². The summed E-state index contributed by atoms with van der Waals surface area (Å²) in [5.74, 6) is 0. The fourth-order valence-electron chi connectivity index (χ4n) is 2.21. The molecule has 0 saturated carbocycles. The maximum absolute atomic E-state index is 11.2. The van der Waals surface area contributed by atoms with Crippen molar-refractivity contribution in [1.29, 1.82) is 0 Å². The second-order valence-electron chi connectivity index (χ2n) is 4.96. The normalized spacial score (nSPS) is 12.0. The highest BCUT2D eigenvalue weighted by atomic mass is 32.2. The zero-order valence-electron chi connectivity index (χ0n) is 12.0. The molecule has 0 bridgehead atoms. The molecule has 0 radical (unpaired) electrons. The Labute approximate surface area is 133 Å². The monoisotopic (exact) mass is 326 g/mol. The Morgan fingerprint density at radius 1 is 0.783 bits per heavy atom. The van der Waals surface area contributed by atoms with Crippen LogP contribution < -0.4 is 10.9 Å². The van der Waals surface area contributed by atoms with Gasteiger partial charge in [0.15, 0.2) is 0 Å². The average molecular weight is 326 g/mol. The summed E-state index contributed by atoms with van der Waals surface area (Å²) < 4.78 is 22.4. The molecule has 23 heavy (non-hydrogen) atoms. The summed E-state index contributed by atoms with van der Waals surface area (Å²) >= 11 is 0. The standard InChI is InChI=1S/C16H14N4O2S/c17-15-9-10-16(14-4-2-1-3-13(14)15)20-19-11-5-7-12(8-6-11)23(18,21)22/h1-10H,17H2,(H2,18,21,22). The van der Waals surface area contributed by atoms with Crippen molar-refractivity contribution in [2.75, 3.05) is 5.73 Å². The number of hydrogen-bond donors (Lipinski definition) is 2. The van der Waals surface area contributed by atoms with Gasteiger partial charge in [-0.15, -0.1) is 5.11 Å². The summed E-state index contributed by atoms with van der Waals surface area (Å²) in [6.07, 6.45) is 0. The Bertz CT molecular complexity index is 996. The number of sulfonamides is 1. The van der Waals surface area contributed by atoms with Gasteiger partial charge in [-0.05, 0) is 36.4 Å². The Morgan fingerprint density at radius 3 is 2.09 bits per heavy atom. The molecule has 3 aromatic rings. The quantitative estimate of drug-likeness (QED) is 0.567. The number of fused-ring (bicyclic) bond motifs is 1. The van der Waals surface area contributed by atoms with E-state index in [9.17, 15) is 8.42 Å². The lowest BCUT2D eigenvalue weighted by Crippen LogP contribution is -2.11. The predicted molar refractivity (Wildman–Crippen MR) is 90.4 cm³/mol. The maximum Gasteiger partial charge on any atom is 0.238 e.